The number of fused-ring (bicyclic) bond motifs is 3. The van der Waals surface area contributed by atoms with Gasteiger partial charge in [0.1, 0.15) is 23.1 Å². The summed E-state index contributed by atoms with van der Waals surface area (Å²) in [5.41, 5.74) is 3.92. The summed E-state index contributed by atoms with van der Waals surface area (Å²) in [6.07, 6.45) is 1.53. The average Bonchev–Trinajstić information content (AvgIpc) is 2.89. The van der Waals surface area contributed by atoms with Crippen LogP contribution in [0, 0.1) is 6.92 Å². The van der Waals surface area contributed by atoms with Crippen LogP contribution in [0.15, 0.2) is 54.9 Å². The third-order valence-corrected chi connectivity index (χ3v) is 3.49. The van der Waals surface area contributed by atoms with Gasteiger partial charge in [0.2, 0.25) is 5.88 Å². The monoisotopic (exact) mass is 275 g/mol. The van der Waals surface area contributed by atoms with Crippen LogP contribution in [0.1, 0.15) is 5.56 Å². The van der Waals surface area contributed by atoms with Gasteiger partial charge in [-0.25, -0.2) is 4.98 Å². The summed E-state index contributed by atoms with van der Waals surface area (Å²) in [7, 11) is 0. The van der Waals surface area contributed by atoms with Crippen LogP contribution in [0.5, 0.6) is 11.6 Å². The second kappa shape index (κ2) is 4.59. The highest BCUT2D eigenvalue weighted by Crippen LogP contribution is 2.30. The van der Waals surface area contributed by atoms with Crippen molar-refractivity contribution in [1.29, 1.82) is 0 Å². The molecule has 4 rings (SSSR count). The zero-order chi connectivity index (χ0) is 14.2. The average molecular weight is 275 g/mol. The molecule has 0 spiro atoms. The number of aromatic amines is 1. The van der Waals surface area contributed by atoms with Crippen molar-refractivity contribution < 1.29 is 4.74 Å². The molecule has 0 saturated carbocycles. The van der Waals surface area contributed by atoms with Gasteiger partial charge in [-0.05, 0) is 25.1 Å². The first kappa shape index (κ1) is 11.9. The molecule has 21 heavy (non-hydrogen) atoms. The number of aromatic nitrogens is 3. The van der Waals surface area contributed by atoms with E-state index in [0.29, 0.717) is 5.88 Å². The fourth-order valence-electron chi connectivity index (χ4n) is 2.41. The second-order valence-electron chi connectivity index (χ2n) is 4.99. The summed E-state index contributed by atoms with van der Waals surface area (Å²) < 4.78 is 5.89. The van der Waals surface area contributed by atoms with Gasteiger partial charge in [0.05, 0.1) is 0 Å². The molecule has 0 fully saturated rings. The quantitative estimate of drug-likeness (QED) is 0.596. The number of aryl methyl sites for hydroxylation is 1. The Kier molecular flexibility index (Phi) is 2.60. The Morgan fingerprint density at radius 2 is 1.76 bits per heavy atom. The molecule has 4 aromatic rings. The Hall–Kier alpha value is -2.88. The van der Waals surface area contributed by atoms with Gasteiger partial charge in [-0.15, -0.1) is 0 Å². The lowest BCUT2D eigenvalue weighted by molar-refractivity contribution is 0.467. The van der Waals surface area contributed by atoms with Crippen molar-refractivity contribution in [3.63, 3.8) is 0 Å². The molecule has 0 aliphatic heterocycles. The highest BCUT2D eigenvalue weighted by molar-refractivity contribution is 6.06. The van der Waals surface area contributed by atoms with Gasteiger partial charge in [-0.3, -0.25) is 0 Å². The van der Waals surface area contributed by atoms with Gasteiger partial charge in [0.25, 0.3) is 0 Å². The van der Waals surface area contributed by atoms with Gasteiger partial charge < -0.3 is 9.72 Å². The number of nitrogens with one attached hydrogen (secondary N) is 1. The molecule has 4 nitrogen and oxygen atoms in total. The first-order valence-corrected chi connectivity index (χ1v) is 6.77. The van der Waals surface area contributed by atoms with Gasteiger partial charge in [0.15, 0.2) is 0 Å². The molecule has 0 saturated heterocycles. The number of H-pyrrole nitrogens is 1. The van der Waals surface area contributed by atoms with Crippen LogP contribution in [-0.4, -0.2) is 15.0 Å². The van der Waals surface area contributed by atoms with E-state index in [1.165, 1.54) is 11.9 Å². The van der Waals surface area contributed by atoms with Crippen LogP contribution >= 0.6 is 0 Å². The van der Waals surface area contributed by atoms with Crippen molar-refractivity contribution >= 4 is 21.9 Å². The minimum Gasteiger partial charge on any atom is -0.437 e. The summed E-state index contributed by atoms with van der Waals surface area (Å²) >= 11 is 0. The first-order valence-electron chi connectivity index (χ1n) is 6.77. The Balaban J connectivity index is 1.86. The predicted octanol–water partition coefficient (Wildman–Crippen LogP) is 4.21. The fraction of sp³-hybridized carbons (Fsp3) is 0.0588. The molecule has 0 atom stereocenters. The first-order chi connectivity index (χ1) is 10.3. The Bertz CT molecular complexity index is 926. The lowest BCUT2D eigenvalue weighted by atomic mass is 10.2. The summed E-state index contributed by atoms with van der Waals surface area (Å²) in [4.78, 5) is 11.9. The number of rotatable bonds is 2. The summed E-state index contributed by atoms with van der Waals surface area (Å²) in [5, 5.41) is 1.07. The van der Waals surface area contributed by atoms with Gasteiger partial charge in [0, 0.05) is 10.9 Å². The minimum absolute atomic E-state index is 0.542. The zero-order valence-electron chi connectivity index (χ0n) is 11.5. The molecule has 0 bridgehead atoms. The summed E-state index contributed by atoms with van der Waals surface area (Å²) in [5.74, 6) is 1.30. The molecule has 102 valence electrons. The molecule has 0 amide bonds. The van der Waals surface area contributed by atoms with Crippen molar-refractivity contribution in [2.75, 3.05) is 0 Å². The lowest BCUT2D eigenvalue weighted by Crippen LogP contribution is -1.90. The van der Waals surface area contributed by atoms with Crippen LogP contribution in [0.4, 0.5) is 0 Å². The highest BCUT2D eigenvalue weighted by atomic mass is 16.5. The van der Waals surface area contributed by atoms with E-state index in [0.717, 1.165) is 27.7 Å². The van der Waals surface area contributed by atoms with E-state index in [4.69, 9.17) is 4.74 Å². The standard InChI is InChI=1S/C17H13N3O/c1-11-6-8-12(9-7-11)21-17-16-15(18-10-19-17)13-4-2-3-5-14(13)20-16/h2-10,20H,1H3. The van der Waals surface area contributed by atoms with E-state index >= 15 is 0 Å². The molecule has 2 heterocycles. The van der Waals surface area contributed by atoms with Crippen molar-refractivity contribution in [3.8, 4) is 11.6 Å². The molecule has 0 aliphatic rings. The van der Waals surface area contributed by atoms with Crippen molar-refractivity contribution in [2.45, 2.75) is 6.92 Å². The van der Waals surface area contributed by atoms with Crippen LogP contribution in [0.2, 0.25) is 0 Å². The number of ether oxygens (including phenoxy) is 1. The molecule has 2 aromatic carbocycles. The molecule has 0 radical (unpaired) electrons. The van der Waals surface area contributed by atoms with Crippen LogP contribution < -0.4 is 4.74 Å². The van der Waals surface area contributed by atoms with E-state index in [1.54, 1.807) is 0 Å². The van der Waals surface area contributed by atoms with Crippen LogP contribution in [-0.2, 0) is 0 Å². The molecule has 0 aliphatic carbocycles. The Morgan fingerprint density at radius 3 is 2.62 bits per heavy atom. The minimum atomic E-state index is 0.542. The predicted molar refractivity (Wildman–Crippen MR) is 82.6 cm³/mol. The van der Waals surface area contributed by atoms with Crippen molar-refractivity contribution in [3.05, 3.63) is 60.4 Å². The van der Waals surface area contributed by atoms with E-state index in [1.807, 2.05) is 55.5 Å². The zero-order valence-corrected chi connectivity index (χ0v) is 11.5. The smallest absolute Gasteiger partial charge is 0.247 e. The largest absolute Gasteiger partial charge is 0.437 e. The van der Waals surface area contributed by atoms with E-state index in [-0.39, 0.29) is 0 Å². The highest BCUT2D eigenvalue weighted by Gasteiger charge is 2.11. The topological polar surface area (TPSA) is 50.8 Å². The Morgan fingerprint density at radius 1 is 0.952 bits per heavy atom. The molecule has 1 N–H and O–H groups in total. The van der Waals surface area contributed by atoms with Crippen molar-refractivity contribution in [1.82, 2.24) is 15.0 Å². The number of hydrogen-bond donors (Lipinski definition) is 1. The maximum Gasteiger partial charge on any atom is 0.247 e. The number of para-hydroxylation sites is 1. The van der Waals surface area contributed by atoms with E-state index < -0.39 is 0 Å². The normalized spacial score (nSPS) is 11.1. The second-order valence-corrected chi connectivity index (χ2v) is 4.99. The van der Waals surface area contributed by atoms with Gasteiger partial charge in [-0.2, -0.15) is 4.98 Å². The maximum absolute atomic E-state index is 5.89. The van der Waals surface area contributed by atoms with Crippen LogP contribution in [0.25, 0.3) is 21.9 Å². The number of nitrogens with zero attached hydrogens (tertiary/aromatic N) is 2. The summed E-state index contributed by atoms with van der Waals surface area (Å²) in [6, 6.07) is 15.9. The number of hydrogen-bond acceptors (Lipinski definition) is 3. The van der Waals surface area contributed by atoms with Crippen molar-refractivity contribution in [2.24, 2.45) is 0 Å². The van der Waals surface area contributed by atoms with E-state index in [9.17, 15) is 0 Å². The Labute approximate surface area is 121 Å². The fourth-order valence-corrected chi connectivity index (χ4v) is 2.41. The molecular weight excluding hydrogens is 262 g/mol. The maximum atomic E-state index is 5.89. The van der Waals surface area contributed by atoms with E-state index in [2.05, 4.69) is 15.0 Å². The van der Waals surface area contributed by atoms with Crippen LogP contribution in [0.3, 0.4) is 0 Å². The molecular formula is C17H13N3O. The van der Waals surface area contributed by atoms with Gasteiger partial charge in [-0.1, -0.05) is 35.9 Å². The van der Waals surface area contributed by atoms with Gasteiger partial charge >= 0.3 is 0 Å². The SMILES string of the molecule is Cc1ccc(Oc2ncnc3c2[nH]c2ccccc23)cc1. The molecule has 2 aromatic heterocycles. The lowest BCUT2D eigenvalue weighted by Gasteiger charge is -2.05. The molecule has 4 heteroatoms. The summed E-state index contributed by atoms with van der Waals surface area (Å²) in [6.45, 7) is 2.05. The third kappa shape index (κ3) is 2.01. The third-order valence-electron chi connectivity index (χ3n) is 3.49. The molecule has 0 unspecified atom stereocenters. The number of benzene rings is 2.